The first-order chi connectivity index (χ1) is 15.2. The third-order valence-electron chi connectivity index (χ3n) is 7.67. The number of nitrogens with one attached hydrogen (secondary N) is 1. The van der Waals surface area contributed by atoms with Crippen molar-refractivity contribution in [3.63, 3.8) is 0 Å². The van der Waals surface area contributed by atoms with Gasteiger partial charge in [-0.25, -0.2) is 10.2 Å². The monoisotopic (exact) mass is 424 g/mol. The molecule has 31 heavy (non-hydrogen) atoms. The highest BCUT2D eigenvalue weighted by molar-refractivity contribution is 5.93. The van der Waals surface area contributed by atoms with Crippen molar-refractivity contribution in [2.45, 2.75) is 64.5 Å². The van der Waals surface area contributed by atoms with Crippen molar-refractivity contribution in [3.8, 4) is 0 Å². The van der Waals surface area contributed by atoms with Crippen LogP contribution >= 0.6 is 0 Å². The quantitative estimate of drug-likeness (QED) is 0.721. The Labute approximate surface area is 185 Å². The number of likely N-dealkylation sites (tertiary alicyclic amines) is 1. The van der Waals surface area contributed by atoms with Crippen LogP contribution in [0.4, 0.5) is 4.79 Å². The van der Waals surface area contributed by atoms with Gasteiger partial charge in [-0.15, -0.1) is 0 Å². The molecule has 2 atom stereocenters. The summed E-state index contributed by atoms with van der Waals surface area (Å²) in [7, 11) is 1.74. The summed E-state index contributed by atoms with van der Waals surface area (Å²) in [5, 5.41) is 1.35. The van der Waals surface area contributed by atoms with E-state index in [1.165, 1.54) is 55.3 Å². The lowest BCUT2D eigenvalue weighted by atomic mass is 9.74. The molecule has 3 aliphatic rings. The van der Waals surface area contributed by atoms with E-state index >= 15 is 0 Å². The van der Waals surface area contributed by atoms with Crippen molar-refractivity contribution < 1.29 is 9.53 Å². The summed E-state index contributed by atoms with van der Waals surface area (Å²) in [6.45, 7) is 8.40. The first-order valence-electron chi connectivity index (χ1n) is 12.1. The number of aromatic nitrogens is 1. The number of hydrogen-bond acceptors (Lipinski definition) is 3. The Morgan fingerprint density at radius 1 is 1.23 bits per heavy atom. The number of carbonyl (C=O) groups excluding carboxylic acids is 1. The van der Waals surface area contributed by atoms with Gasteiger partial charge in [0.15, 0.2) is 0 Å². The number of benzene rings is 1. The standard InChI is InChI=1S/C25H36N4O2/c1-4-27(5-2)25(30)26-29-21-10-6-8-19-18-9-7-13-28(15-17-11-12-17)22(18)14-20(24(19)21)23(29)16-31-3/h6,8,10,17-18,22H,4-5,7,9,11-16H2,1-3H3,(H,26,30)/t18-,22-/m1/s1. The number of rotatable bonds is 7. The van der Waals surface area contributed by atoms with E-state index in [9.17, 15) is 4.79 Å². The molecular formula is C25H36N4O2. The van der Waals surface area contributed by atoms with Crippen LogP contribution in [0.5, 0.6) is 0 Å². The fourth-order valence-electron chi connectivity index (χ4n) is 5.95. The number of nitrogens with zero attached hydrogens (tertiary/aromatic N) is 3. The Balaban J connectivity index is 1.58. The van der Waals surface area contributed by atoms with E-state index in [1.807, 2.05) is 23.4 Å². The van der Waals surface area contributed by atoms with Crippen LogP contribution in [-0.2, 0) is 17.8 Å². The minimum Gasteiger partial charge on any atom is -0.378 e. The lowest BCUT2D eigenvalue weighted by Gasteiger charge is -2.44. The molecule has 0 radical (unpaired) electrons. The van der Waals surface area contributed by atoms with E-state index in [4.69, 9.17) is 4.74 Å². The van der Waals surface area contributed by atoms with Crippen LogP contribution < -0.4 is 5.43 Å². The molecule has 0 bridgehead atoms. The number of methoxy groups -OCH3 is 1. The predicted molar refractivity (Wildman–Crippen MR) is 124 cm³/mol. The third kappa shape index (κ3) is 3.64. The summed E-state index contributed by atoms with van der Waals surface area (Å²) in [6, 6.07) is 7.16. The second-order valence-corrected chi connectivity index (χ2v) is 9.48. The fourth-order valence-corrected chi connectivity index (χ4v) is 5.95. The van der Waals surface area contributed by atoms with Gasteiger partial charge < -0.3 is 9.64 Å². The number of carbonyl (C=O) groups is 1. The van der Waals surface area contributed by atoms with Gasteiger partial charge in [-0.05, 0) is 75.6 Å². The highest BCUT2D eigenvalue weighted by Gasteiger charge is 2.41. The zero-order valence-corrected chi connectivity index (χ0v) is 19.2. The molecule has 1 saturated carbocycles. The number of amides is 2. The van der Waals surface area contributed by atoms with Gasteiger partial charge in [-0.3, -0.25) is 9.58 Å². The number of ether oxygens (including phenoxy) is 1. The van der Waals surface area contributed by atoms with E-state index in [-0.39, 0.29) is 6.03 Å². The maximum atomic E-state index is 12.9. The number of hydrogen-bond donors (Lipinski definition) is 1. The Morgan fingerprint density at radius 3 is 2.74 bits per heavy atom. The smallest absolute Gasteiger partial charge is 0.336 e. The van der Waals surface area contributed by atoms with Crippen LogP contribution in [0, 0.1) is 5.92 Å². The Bertz CT molecular complexity index is 960. The topological polar surface area (TPSA) is 49.7 Å². The molecule has 2 fully saturated rings. The molecule has 6 nitrogen and oxygen atoms in total. The summed E-state index contributed by atoms with van der Waals surface area (Å²) < 4.78 is 7.65. The predicted octanol–water partition coefficient (Wildman–Crippen LogP) is 4.31. The molecule has 2 aliphatic carbocycles. The summed E-state index contributed by atoms with van der Waals surface area (Å²) in [5.41, 5.74) is 8.24. The largest absolute Gasteiger partial charge is 0.378 e. The van der Waals surface area contributed by atoms with Gasteiger partial charge in [0, 0.05) is 44.1 Å². The van der Waals surface area contributed by atoms with Gasteiger partial charge in [0.05, 0.1) is 17.8 Å². The van der Waals surface area contributed by atoms with Crippen LogP contribution in [0.3, 0.4) is 0 Å². The number of fused-ring (bicyclic) bond motifs is 2. The Morgan fingerprint density at radius 2 is 2.03 bits per heavy atom. The summed E-state index contributed by atoms with van der Waals surface area (Å²) >= 11 is 0. The van der Waals surface area contributed by atoms with E-state index in [0.29, 0.717) is 31.7 Å². The zero-order valence-electron chi connectivity index (χ0n) is 19.2. The second kappa shape index (κ2) is 8.47. The molecule has 168 valence electrons. The maximum absolute atomic E-state index is 12.9. The molecule has 2 heterocycles. The van der Waals surface area contributed by atoms with Crippen molar-refractivity contribution in [2.75, 3.05) is 38.7 Å². The minimum atomic E-state index is -0.0526. The average molecular weight is 425 g/mol. The van der Waals surface area contributed by atoms with Crippen molar-refractivity contribution in [2.24, 2.45) is 5.92 Å². The maximum Gasteiger partial charge on any atom is 0.336 e. The van der Waals surface area contributed by atoms with Crippen LogP contribution in [0.15, 0.2) is 18.2 Å². The first kappa shape index (κ1) is 20.8. The van der Waals surface area contributed by atoms with E-state index in [1.54, 1.807) is 7.11 Å². The van der Waals surface area contributed by atoms with Crippen LogP contribution in [-0.4, -0.2) is 59.8 Å². The highest BCUT2D eigenvalue weighted by atomic mass is 16.5. The number of piperidine rings is 1. The summed E-state index contributed by atoms with van der Waals surface area (Å²) in [4.78, 5) is 17.5. The average Bonchev–Trinajstić information content (AvgIpc) is 3.56. The molecule has 5 rings (SSSR count). The van der Waals surface area contributed by atoms with Gasteiger partial charge in [0.25, 0.3) is 0 Å². The first-order valence-corrected chi connectivity index (χ1v) is 12.1. The molecule has 0 spiro atoms. The normalized spacial score (nSPS) is 23.1. The van der Waals surface area contributed by atoms with Gasteiger partial charge in [-0.1, -0.05) is 12.1 Å². The molecule has 1 saturated heterocycles. The molecule has 1 aliphatic heterocycles. The van der Waals surface area contributed by atoms with Crippen molar-refractivity contribution in [1.29, 1.82) is 0 Å². The Hall–Kier alpha value is -2.05. The van der Waals surface area contributed by atoms with Crippen molar-refractivity contribution in [3.05, 3.63) is 35.0 Å². The second-order valence-electron chi connectivity index (χ2n) is 9.48. The molecule has 1 aromatic heterocycles. The molecule has 1 N–H and O–H groups in total. The van der Waals surface area contributed by atoms with Crippen molar-refractivity contribution in [1.82, 2.24) is 14.5 Å². The highest BCUT2D eigenvalue weighted by Crippen LogP contribution is 2.46. The van der Waals surface area contributed by atoms with Crippen LogP contribution in [0.2, 0.25) is 0 Å². The SMILES string of the molecule is CCN(CC)C(=O)Nn1c(COC)c2c3c(cccc31)[C@H]1CCCN(CC3CC3)[C@@H]1C2. The van der Waals surface area contributed by atoms with Crippen molar-refractivity contribution >= 4 is 16.9 Å². The zero-order chi connectivity index (χ0) is 21.5. The van der Waals surface area contributed by atoms with Gasteiger partial charge in [0.1, 0.15) is 0 Å². The molecule has 2 aromatic rings. The third-order valence-corrected chi connectivity index (χ3v) is 7.67. The molecular weight excluding hydrogens is 388 g/mol. The van der Waals surface area contributed by atoms with E-state index < -0.39 is 0 Å². The van der Waals surface area contributed by atoms with Gasteiger partial charge in [-0.2, -0.15) is 0 Å². The van der Waals surface area contributed by atoms with Crippen LogP contribution in [0.1, 0.15) is 62.3 Å². The Kier molecular flexibility index (Phi) is 5.69. The number of urea groups is 1. The fraction of sp³-hybridized carbons (Fsp3) is 0.640. The van der Waals surface area contributed by atoms with Crippen LogP contribution in [0.25, 0.3) is 10.9 Å². The lowest BCUT2D eigenvalue weighted by molar-refractivity contribution is 0.117. The summed E-state index contributed by atoms with van der Waals surface area (Å²) in [6.07, 6.45) is 6.40. The molecule has 1 aromatic carbocycles. The molecule has 6 heteroatoms. The minimum absolute atomic E-state index is 0.0526. The lowest BCUT2D eigenvalue weighted by Crippen LogP contribution is -2.47. The van der Waals surface area contributed by atoms with Gasteiger partial charge in [0.2, 0.25) is 0 Å². The van der Waals surface area contributed by atoms with E-state index in [0.717, 1.165) is 23.5 Å². The summed E-state index contributed by atoms with van der Waals surface area (Å²) in [5.74, 6) is 1.50. The van der Waals surface area contributed by atoms with Gasteiger partial charge >= 0.3 is 6.03 Å². The van der Waals surface area contributed by atoms with E-state index in [2.05, 4.69) is 28.5 Å². The molecule has 0 unspecified atom stereocenters. The molecule has 2 amide bonds.